The van der Waals surface area contributed by atoms with Gasteiger partial charge in [0.25, 0.3) is 5.56 Å². The van der Waals surface area contributed by atoms with Crippen LogP contribution in [0.1, 0.15) is 23.2 Å². The molecule has 1 N–H and O–H groups in total. The van der Waals surface area contributed by atoms with Crippen LogP contribution in [0.5, 0.6) is 5.75 Å². The van der Waals surface area contributed by atoms with Gasteiger partial charge in [-0.3, -0.25) is 9.59 Å². The zero-order valence-electron chi connectivity index (χ0n) is 14.0. The average Bonchev–Trinajstić information content (AvgIpc) is 3.08. The van der Waals surface area contributed by atoms with E-state index in [0.717, 1.165) is 47.5 Å². The Morgan fingerprint density at radius 3 is 3.16 bits per heavy atom. The van der Waals surface area contributed by atoms with Gasteiger partial charge in [-0.2, -0.15) is 0 Å². The third kappa shape index (κ3) is 3.16. The van der Waals surface area contributed by atoms with Crippen molar-refractivity contribution >= 4 is 23.4 Å². The van der Waals surface area contributed by atoms with Crippen molar-refractivity contribution in [3.8, 4) is 5.75 Å². The number of nitrogens with zero attached hydrogens (tertiary/aromatic N) is 2. The molecule has 1 aliphatic heterocycles. The van der Waals surface area contributed by atoms with E-state index in [1.165, 1.54) is 11.8 Å². The fourth-order valence-electron chi connectivity index (χ4n) is 3.28. The van der Waals surface area contributed by atoms with Crippen LogP contribution in [0.15, 0.2) is 28.2 Å². The summed E-state index contributed by atoms with van der Waals surface area (Å²) in [5, 5.41) is 0.525. The molecule has 0 bridgehead atoms. The van der Waals surface area contributed by atoms with Crippen LogP contribution >= 0.6 is 11.8 Å². The molecule has 1 aromatic carbocycles. The number of carbonyl (C=O) groups is 1. The second-order valence-corrected chi connectivity index (χ2v) is 7.27. The van der Waals surface area contributed by atoms with E-state index in [0.29, 0.717) is 18.3 Å². The molecule has 2 heterocycles. The first-order valence-corrected chi connectivity index (χ1v) is 9.39. The molecule has 0 saturated carbocycles. The number of fused-ring (bicyclic) bond motifs is 2. The van der Waals surface area contributed by atoms with Gasteiger partial charge in [0.2, 0.25) is 5.91 Å². The zero-order valence-corrected chi connectivity index (χ0v) is 14.8. The number of nitrogens with one attached hydrogen (secondary N) is 1. The molecule has 7 heteroatoms. The Balaban J connectivity index is 1.50. The SMILES string of the molecule is Cc1ccc2c(c1)N(C(=O)CSc1nc3c(c(=O)[nH]1)CCC3)CCO2. The lowest BCUT2D eigenvalue weighted by Crippen LogP contribution is -2.39. The van der Waals surface area contributed by atoms with Crippen LogP contribution in [0.3, 0.4) is 0 Å². The molecule has 0 atom stereocenters. The molecule has 0 unspecified atom stereocenters. The van der Waals surface area contributed by atoms with Gasteiger partial charge in [-0.25, -0.2) is 4.98 Å². The van der Waals surface area contributed by atoms with E-state index in [1.807, 2.05) is 25.1 Å². The molecule has 0 spiro atoms. The van der Waals surface area contributed by atoms with Crippen molar-refractivity contribution in [1.29, 1.82) is 0 Å². The maximum atomic E-state index is 12.7. The van der Waals surface area contributed by atoms with Crippen molar-refractivity contribution in [2.75, 3.05) is 23.8 Å². The number of amides is 1. The van der Waals surface area contributed by atoms with Gasteiger partial charge in [-0.1, -0.05) is 17.8 Å². The lowest BCUT2D eigenvalue weighted by Gasteiger charge is -2.29. The van der Waals surface area contributed by atoms with Crippen LogP contribution < -0.4 is 15.2 Å². The van der Waals surface area contributed by atoms with Gasteiger partial charge in [0, 0.05) is 5.56 Å². The lowest BCUT2D eigenvalue weighted by atomic mass is 10.1. The summed E-state index contributed by atoms with van der Waals surface area (Å²) in [5.74, 6) is 0.956. The number of aromatic nitrogens is 2. The molecule has 1 aliphatic carbocycles. The largest absolute Gasteiger partial charge is 0.490 e. The number of thioether (sulfide) groups is 1. The fraction of sp³-hybridized carbons (Fsp3) is 0.389. The third-order valence-corrected chi connectivity index (χ3v) is 5.39. The van der Waals surface area contributed by atoms with E-state index >= 15 is 0 Å². The van der Waals surface area contributed by atoms with Crippen LogP contribution in [-0.4, -0.2) is 34.8 Å². The molecule has 0 fully saturated rings. The summed E-state index contributed by atoms with van der Waals surface area (Å²) in [7, 11) is 0. The Morgan fingerprint density at radius 1 is 1.40 bits per heavy atom. The van der Waals surface area contributed by atoms with Gasteiger partial charge in [-0.15, -0.1) is 0 Å². The van der Waals surface area contributed by atoms with Gasteiger partial charge >= 0.3 is 0 Å². The minimum Gasteiger partial charge on any atom is -0.490 e. The Labute approximate surface area is 149 Å². The number of aryl methyl sites for hydroxylation is 2. The van der Waals surface area contributed by atoms with E-state index in [9.17, 15) is 9.59 Å². The van der Waals surface area contributed by atoms with Crippen LogP contribution in [0.2, 0.25) is 0 Å². The van der Waals surface area contributed by atoms with Gasteiger partial charge in [-0.05, 0) is 43.9 Å². The van der Waals surface area contributed by atoms with Crippen molar-refractivity contribution in [3.63, 3.8) is 0 Å². The molecule has 4 rings (SSSR count). The number of anilines is 1. The second-order valence-electron chi connectivity index (χ2n) is 6.30. The maximum absolute atomic E-state index is 12.7. The highest BCUT2D eigenvalue weighted by Crippen LogP contribution is 2.33. The second kappa shape index (κ2) is 6.55. The Morgan fingerprint density at radius 2 is 2.28 bits per heavy atom. The lowest BCUT2D eigenvalue weighted by molar-refractivity contribution is -0.116. The van der Waals surface area contributed by atoms with Crippen molar-refractivity contribution in [3.05, 3.63) is 45.4 Å². The molecule has 6 nitrogen and oxygen atoms in total. The third-order valence-electron chi connectivity index (χ3n) is 4.53. The van der Waals surface area contributed by atoms with E-state index in [2.05, 4.69) is 9.97 Å². The molecule has 0 saturated heterocycles. The maximum Gasteiger partial charge on any atom is 0.254 e. The number of aromatic amines is 1. The molecule has 1 amide bonds. The van der Waals surface area contributed by atoms with Crippen LogP contribution in [0, 0.1) is 6.92 Å². The Bertz CT molecular complexity index is 894. The molecule has 0 radical (unpaired) electrons. The quantitative estimate of drug-likeness (QED) is 0.672. The number of ether oxygens (including phenoxy) is 1. The normalized spacial score (nSPS) is 15.5. The topological polar surface area (TPSA) is 75.3 Å². The number of carbonyl (C=O) groups excluding carboxylic acids is 1. The molecule has 1 aromatic heterocycles. The highest BCUT2D eigenvalue weighted by Gasteiger charge is 2.24. The fourth-order valence-corrected chi connectivity index (χ4v) is 4.04. The van der Waals surface area contributed by atoms with Crippen LogP contribution in [-0.2, 0) is 17.6 Å². The van der Waals surface area contributed by atoms with Crippen molar-refractivity contribution in [2.24, 2.45) is 0 Å². The minimum atomic E-state index is -0.0650. The highest BCUT2D eigenvalue weighted by molar-refractivity contribution is 7.99. The van der Waals surface area contributed by atoms with Crippen molar-refractivity contribution < 1.29 is 9.53 Å². The van der Waals surface area contributed by atoms with Crippen LogP contribution in [0.4, 0.5) is 5.69 Å². The molecule has 2 aromatic rings. The average molecular weight is 357 g/mol. The Hall–Kier alpha value is -2.28. The molecule has 25 heavy (non-hydrogen) atoms. The van der Waals surface area contributed by atoms with Crippen molar-refractivity contribution in [1.82, 2.24) is 9.97 Å². The summed E-state index contributed by atoms with van der Waals surface area (Å²) in [4.78, 5) is 33.8. The predicted molar refractivity (Wildman–Crippen MR) is 96.6 cm³/mol. The number of benzene rings is 1. The highest BCUT2D eigenvalue weighted by atomic mass is 32.2. The summed E-state index contributed by atoms with van der Waals surface area (Å²) < 4.78 is 5.63. The molecule has 130 valence electrons. The Kier molecular flexibility index (Phi) is 4.25. The summed E-state index contributed by atoms with van der Waals surface area (Å²) in [6, 6.07) is 5.84. The number of H-pyrrole nitrogens is 1. The summed E-state index contributed by atoms with van der Waals surface area (Å²) in [6.07, 6.45) is 2.62. The van der Waals surface area contributed by atoms with E-state index in [4.69, 9.17) is 4.74 Å². The van der Waals surface area contributed by atoms with Crippen LogP contribution in [0.25, 0.3) is 0 Å². The monoisotopic (exact) mass is 357 g/mol. The summed E-state index contributed by atoms with van der Waals surface area (Å²) >= 11 is 1.28. The number of hydrogen-bond acceptors (Lipinski definition) is 5. The first-order valence-electron chi connectivity index (χ1n) is 8.40. The van der Waals surface area contributed by atoms with Gasteiger partial charge < -0.3 is 14.6 Å². The summed E-state index contributed by atoms with van der Waals surface area (Å²) in [6.45, 7) is 3.01. The first kappa shape index (κ1) is 16.2. The van der Waals surface area contributed by atoms with Crippen molar-refractivity contribution in [2.45, 2.75) is 31.3 Å². The van der Waals surface area contributed by atoms with Gasteiger partial charge in [0.1, 0.15) is 12.4 Å². The van der Waals surface area contributed by atoms with Gasteiger partial charge in [0.15, 0.2) is 5.16 Å². The number of rotatable bonds is 3. The zero-order chi connectivity index (χ0) is 17.4. The molecular formula is C18H19N3O3S. The minimum absolute atomic E-state index is 0.0108. The van der Waals surface area contributed by atoms with E-state index < -0.39 is 0 Å². The number of hydrogen-bond donors (Lipinski definition) is 1. The standard InChI is InChI=1S/C18H19N3O3S/c1-11-5-6-15-14(9-11)21(7-8-24-15)16(22)10-25-18-19-13-4-2-3-12(13)17(23)20-18/h5-6,9H,2-4,7-8,10H2,1H3,(H,19,20,23). The van der Waals surface area contributed by atoms with E-state index in [-0.39, 0.29) is 17.2 Å². The predicted octanol–water partition coefficient (Wildman–Crippen LogP) is 2.08. The van der Waals surface area contributed by atoms with Gasteiger partial charge in [0.05, 0.1) is 23.7 Å². The first-order chi connectivity index (χ1) is 12.1. The molecule has 2 aliphatic rings. The molecular weight excluding hydrogens is 338 g/mol. The smallest absolute Gasteiger partial charge is 0.254 e. The summed E-state index contributed by atoms with van der Waals surface area (Å²) in [5.41, 5.74) is 3.51. The van der Waals surface area contributed by atoms with E-state index in [1.54, 1.807) is 4.90 Å².